The number of rotatable bonds is 1. The minimum atomic E-state index is -0.487. The van der Waals surface area contributed by atoms with Crippen molar-refractivity contribution in [3.63, 3.8) is 0 Å². The number of ether oxygens (including phenoxy) is 1. The summed E-state index contributed by atoms with van der Waals surface area (Å²) in [6, 6.07) is 7.22. The van der Waals surface area contributed by atoms with E-state index in [1.54, 1.807) is 12.1 Å². The van der Waals surface area contributed by atoms with Crippen LogP contribution < -0.4 is 4.74 Å². The van der Waals surface area contributed by atoms with E-state index in [2.05, 4.69) is 4.98 Å². The van der Waals surface area contributed by atoms with Crippen LogP contribution >= 0.6 is 0 Å². The number of benzene rings is 1. The molecule has 2 rings (SSSR count). The fraction of sp³-hybridized carbons (Fsp3) is 0.182. The van der Waals surface area contributed by atoms with Gasteiger partial charge in [0.15, 0.2) is 0 Å². The van der Waals surface area contributed by atoms with Gasteiger partial charge in [-0.15, -0.1) is 0 Å². The van der Waals surface area contributed by atoms with Crippen LogP contribution in [0, 0.1) is 12.9 Å². The Morgan fingerprint density at radius 2 is 2.07 bits per heavy atom. The topological polar surface area (TPSA) is 22.1 Å². The Bertz CT molecular complexity index is 482. The van der Waals surface area contributed by atoms with E-state index in [4.69, 9.17) is 4.74 Å². The molecule has 14 heavy (non-hydrogen) atoms. The van der Waals surface area contributed by atoms with Crippen molar-refractivity contribution in [2.45, 2.75) is 6.92 Å². The molecule has 0 saturated heterocycles. The molecule has 0 bridgehead atoms. The van der Waals surface area contributed by atoms with Gasteiger partial charge in [-0.25, -0.2) is 0 Å². The first-order valence-electron chi connectivity index (χ1n) is 4.31. The fourth-order valence-electron chi connectivity index (χ4n) is 1.42. The van der Waals surface area contributed by atoms with Gasteiger partial charge in [-0.1, -0.05) is 17.7 Å². The van der Waals surface area contributed by atoms with E-state index in [1.165, 1.54) is 7.11 Å². The molecule has 0 unspecified atom stereocenters. The Morgan fingerprint density at radius 1 is 1.29 bits per heavy atom. The van der Waals surface area contributed by atoms with Crippen molar-refractivity contribution >= 4 is 10.8 Å². The molecule has 0 amide bonds. The third kappa shape index (κ3) is 1.41. The lowest BCUT2D eigenvalue weighted by Gasteiger charge is -2.03. The number of methoxy groups -OCH3 is 1. The van der Waals surface area contributed by atoms with E-state index in [-0.39, 0.29) is 0 Å². The summed E-state index contributed by atoms with van der Waals surface area (Å²) in [5.74, 6) is -0.181. The first-order valence-corrected chi connectivity index (χ1v) is 4.31. The lowest BCUT2D eigenvalue weighted by molar-refractivity contribution is 0.389. The minimum absolute atomic E-state index is 0.306. The van der Waals surface area contributed by atoms with E-state index in [1.807, 2.05) is 19.1 Å². The largest absolute Gasteiger partial charge is 0.481 e. The van der Waals surface area contributed by atoms with Crippen LogP contribution in [0.15, 0.2) is 24.3 Å². The van der Waals surface area contributed by atoms with Crippen LogP contribution in [-0.2, 0) is 0 Å². The van der Waals surface area contributed by atoms with Gasteiger partial charge in [-0.3, -0.25) is 0 Å². The lowest BCUT2D eigenvalue weighted by Crippen LogP contribution is -1.92. The fourth-order valence-corrected chi connectivity index (χ4v) is 1.42. The van der Waals surface area contributed by atoms with Gasteiger partial charge < -0.3 is 4.74 Å². The zero-order chi connectivity index (χ0) is 10.1. The van der Waals surface area contributed by atoms with Gasteiger partial charge in [0.1, 0.15) is 0 Å². The third-order valence-electron chi connectivity index (χ3n) is 2.13. The maximum atomic E-state index is 13.4. The third-order valence-corrected chi connectivity index (χ3v) is 2.13. The summed E-state index contributed by atoms with van der Waals surface area (Å²) in [5, 5.41) is 1.34. The standard InChI is InChI=1S/C11H10FNO/c1-7-3-4-9-8(5-7)6-10(14-2)13-11(9)12/h3-6H,1-2H3. The summed E-state index contributed by atoms with van der Waals surface area (Å²) in [7, 11) is 1.48. The predicted octanol–water partition coefficient (Wildman–Crippen LogP) is 2.69. The number of pyridine rings is 1. The minimum Gasteiger partial charge on any atom is -0.481 e. The smallest absolute Gasteiger partial charge is 0.224 e. The van der Waals surface area contributed by atoms with Crippen molar-refractivity contribution in [2.24, 2.45) is 0 Å². The van der Waals surface area contributed by atoms with Crippen LogP contribution in [0.5, 0.6) is 5.88 Å². The molecule has 1 heterocycles. The van der Waals surface area contributed by atoms with E-state index in [0.717, 1.165) is 10.9 Å². The number of aryl methyl sites for hydroxylation is 1. The quantitative estimate of drug-likeness (QED) is 0.646. The molecule has 0 atom stereocenters. The molecular weight excluding hydrogens is 181 g/mol. The first kappa shape index (κ1) is 8.94. The summed E-state index contributed by atoms with van der Waals surface area (Å²) >= 11 is 0. The van der Waals surface area contributed by atoms with Crippen molar-refractivity contribution in [3.8, 4) is 5.88 Å². The summed E-state index contributed by atoms with van der Waals surface area (Å²) in [6.45, 7) is 1.96. The summed E-state index contributed by atoms with van der Waals surface area (Å²) in [4.78, 5) is 3.66. The van der Waals surface area contributed by atoms with E-state index in [0.29, 0.717) is 11.3 Å². The van der Waals surface area contributed by atoms with Crippen molar-refractivity contribution in [1.82, 2.24) is 4.98 Å². The summed E-state index contributed by atoms with van der Waals surface area (Å²) in [6.07, 6.45) is 0. The predicted molar refractivity (Wildman–Crippen MR) is 53.0 cm³/mol. The van der Waals surface area contributed by atoms with Crippen molar-refractivity contribution in [3.05, 3.63) is 35.8 Å². The highest BCUT2D eigenvalue weighted by Crippen LogP contribution is 2.21. The molecule has 2 nitrogen and oxygen atoms in total. The van der Waals surface area contributed by atoms with Crippen molar-refractivity contribution in [1.29, 1.82) is 0 Å². The summed E-state index contributed by atoms with van der Waals surface area (Å²) < 4.78 is 18.3. The molecule has 0 radical (unpaired) electrons. The Labute approximate surface area is 81.3 Å². The molecule has 2 aromatic rings. The van der Waals surface area contributed by atoms with Crippen molar-refractivity contribution < 1.29 is 9.13 Å². The van der Waals surface area contributed by atoms with Crippen LogP contribution in [0.25, 0.3) is 10.8 Å². The average Bonchev–Trinajstić information content (AvgIpc) is 2.16. The molecule has 0 fully saturated rings. The zero-order valence-corrected chi connectivity index (χ0v) is 8.04. The Hall–Kier alpha value is -1.64. The van der Waals surface area contributed by atoms with E-state index >= 15 is 0 Å². The molecule has 0 N–H and O–H groups in total. The number of aromatic nitrogens is 1. The van der Waals surface area contributed by atoms with E-state index < -0.39 is 5.95 Å². The monoisotopic (exact) mass is 191 g/mol. The highest BCUT2D eigenvalue weighted by molar-refractivity contribution is 5.83. The van der Waals surface area contributed by atoms with Crippen LogP contribution in [0.2, 0.25) is 0 Å². The molecule has 0 spiro atoms. The number of hydrogen-bond donors (Lipinski definition) is 0. The average molecular weight is 191 g/mol. The van der Waals surface area contributed by atoms with Gasteiger partial charge in [-0.05, 0) is 18.4 Å². The number of halogens is 1. The maximum absolute atomic E-state index is 13.4. The highest BCUT2D eigenvalue weighted by atomic mass is 19.1. The Kier molecular flexibility index (Phi) is 2.08. The molecule has 3 heteroatoms. The van der Waals surface area contributed by atoms with Gasteiger partial charge in [0.25, 0.3) is 0 Å². The van der Waals surface area contributed by atoms with Crippen LogP contribution in [0.4, 0.5) is 4.39 Å². The summed E-state index contributed by atoms with van der Waals surface area (Å²) in [5.41, 5.74) is 1.09. The van der Waals surface area contributed by atoms with Crippen molar-refractivity contribution in [2.75, 3.05) is 7.11 Å². The normalized spacial score (nSPS) is 10.5. The molecule has 0 aliphatic carbocycles. The van der Waals surface area contributed by atoms with Crippen LogP contribution in [-0.4, -0.2) is 12.1 Å². The number of nitrogens with zero attached hydrogens (tertiary/aromatic N) is 1. The lowest BCUT2D eigenvalue weighted by atomic mass is 10.1. The molecule has 0 aliphatic heterocycles. The zero-order valence-electron chi connectivity index (χ0n) is 8.04. The van der Waals surface area contributed by atoms with Crippen LogP contribution in [0.1, 0.15) is 5.56 Å². The molecule has 0 aliphatic rings. The molecule has 0 saturated carbocycles. The second-order valence-electron chi connectivity index (χ2n) is 3.18. The van der Waals surface area contributed by atoms with Gasteiger partial charge >= 0.3 is 0 Å². The number of fused-ring (bicyclic) bond motifs is 1. The van der Waals surface area contributed by atoms with Gasteiger partial charge in [-0.2, -0.15) is 9.37 Å². The molecular formula is C11H10FNO. The maximum Gasteiger partial charge on any atom is 0.224 e. The SMILES string of the molecule is COc1cc2cc(C)ccc2c(F)n1. The first-order chi connectivity index (χ1) is 6.70. The molecule has 1 aromatic heterocycles. The molecule has 72 valence electrons. The number of hydrogen-bond acceptors (Lipinski definition) is 2. The Balaban J connectivity index is 2.77. The van der Waals surface area contributed by atoms with Gasteiger partial charge in [0, 0.05) is 11.5 Å². The Morgan fingerprint density at radius 3 is 2.79 bits per heavy atom. The van der Waals surface area contributed by atoms with Crippen LogP contribution in [0.3, 0.4) is 0 Å². The molecule has 1 aromatic carbocycles. The van der Waals surface area contributed by atoms with Gasteiger partial charge in [0.2, 0.25) is 11.8 Å². The second kappa shape index (κ2) is 3.25. The van der Waals surface area contributed by atoms with E-state index in [9.17, 15) is 4.39 Å². The van der Waals surface area contributed by atoms with Gasteiger partial charge in [0.05, 0.1) is 7.11 Å². The highest BCUT2D eigenvalue weighted by Gasteiger charge is 2.05. The second-order valence-corrected chi connectivity index (χ2v) is 3.18.